The van der Waals surface area contributed by atoms with Gasteiger partial charge in [0, 0.05) is 16.8 Å². The Balaban J connectivity index is 1.57. The fraction of sp³-hybridized carbons (Fsp3) is 0.269. The summed E-state index contributed by atoms with van der Waals surface area (Å²) in [6.07, 6.45) is -0.469. The van der Waals surface area contributed by atoms with E-state index in [9.17, 15) is 4.79 Å². The first kappa shape index (κ1) is 20.3. The van der Waals surface area contributed by atoms with Crippen molar-refractivity contribution in [3.8, 4) is 11.1 Å². The molecular weight excluding hydrogens is 374 g/mol. The summed E-state index contributed by atoms with van der Waals surface area (Å²) in [5.41, 5.74) is 3.30. The molecule has 1 saturated heterocycles. The van der Waals surface area contributed by atoms with Crippen LogP contribution >= 0.6 is 0 Å². The lowest BCUT2D eigenvalue weighted by atomic mass is 9.90. The van der Waals surface area contributed by atoms with Crippen LogP contribution in [0.1, 0.15) is 49.9 Å². The monoisotopic (exact) mass is 401 g/mol. The van der Waals surface area contributed by atoms with Crippen molar-refractivity contribution in [1.29, 1.82) is 0 Å². The number of hydrogen-bond donors (Lipinski definition) is 1. The zero-order chi connectivity index (χ0) is 21.4. The van der Waals surface area contributed by atoms with Crippen molar-refractivity contribution in [3.05, 3.63) is 90.0 Å². The van der Waals surface area contributed by atoms with Gasteiger partial charge >= 0.3 is 0 Å². The molecular formula is C26H27NO3. The summed E-state index contributed by atoms with van der Waals surface area (Å²) in [7, 11) is 0. The minimum Gasteiger partial charge on any atom is -0.339 e. The molecule has 3 aromatic carbocycles. The number of carbonyl (C=O) groups is 1. The molecule has 0 saturated carbocycles. The minimum absolute atomic E-state index is 0.152. The molecule has 0 aromatic heterocycles. The third-order valence-electron chi connectivity index (χ3n) is 5.93. The summed E-state index contributed by atoms with van der Waals surface area (Å²) in [5.74, 6) is -0.152. The normalized spacial score (nSPS) is 17.6. The van der Waals surface area contributed by atoms with E-state index in [0.29, 0.717) is 11.3 Å². The highest BCUT2D eigenvalue weighted by atomic mass is 16.7. The van der Waals surface area contributed by atoms with E-state index in [4.69, 9.17) is 9.47 Å². The zero-order valence-electron chi connectivity index (χ0n) is 17.8. The van der Waals surface area contributed by atoms with Crippen molar-refractivity contribution in [1.82, 2.24) is 0 Å². The molecule has 1 N–H and O–H groups in total. The van der Waals surface area contributed by atoms with Crippen molar-refractivity contribution >= 4 is 11.6 Å². The number of benzene rings is 3. The molecule has 4 rings (SSSR count). The van der Waals surface area contributed by atoms with Gasteiger partial charge in [0.15, 0.2) is 6.29 Å². The number of nitrogens with one attached hydrogen (secondary N) is 1. The van der Waals surface area contributed by atoms with Crippen molar-refractivity contribution in [2.45, 2.75) is 45.2 Å². The van der Waals surface area contributed by atoms with Gasteiger partial charge in [0.25, 0.3) is 5.91 Å². The Morgan fingerprint density at radius 2 is 1.43 bits per heavy atom. The number of anilines is 1. The molecule has 4 heteroatoms. The van der Waals surface area contributed by atoms with Crippen LogP contribution in [0.5, 0.6) is 0 Å². The van der Waals surface area contributed by atoms with E-state index in [2.05, 4.69) is 5.32 Å². The molecule has 1 amide bonds. The average Bonchev–Trinajstić information content (AvgIpc) is 2.96. The number of hydrogen-bond acceptors (Lipinski definition) is 3. The van der Waals surface area contributed by atoms with Crippen LogP contribution in [0, 0.1) is 0 Å². The molecule has 0 unspecified atom stereocenters. The maximum Gasteiger partial charge on any atom is 0.256 e. The molecule has 1 aliphatic rings. The summed E-state index contributed by atoms with van der Waals surface area (Å²) < 4.78 is 12.3. The highest BCUT2D eigenvalue weighted by molar-refractivity contribution is 6.08. The van der Waals surface area contributed by atoms with Gasteiger partial charge in [-0.25, -0.2) is 0 Å². The quantitative estimate of drug-likeness (QED) is 0.565. The van der Waals surface area contributed by atoms with Crippen molar-refractivity contribution in [2.75, 3.05) is 5.32 Å². The van der Waals surface area contributed by atoms with Crippen LogP contribution in [0.25, 0.3) is 11.1 Å². The maximum atomic E-state index is 13.1. The van der Waals surface area contributed by atoms with E-state index >= 15 is 0 Å². The lowest BCUT2D eigenvalue weighted by Gasteiger charge is -2.30. The first-order valence-corrected chi connectivity index (χ1v) is 10.2. The van der Waals surface area contributed by atoms with E-state index < -0.39 is 17.5 Å². The number of rotatable bonds is 4. The molecule has 0 atom stereocenters. The topological polar surface area (TPSA) is 47.6 Å². The number of amides is 1. The van der Waals surface area contributed by atoms with Crippen LogP contribution in [0.2, 0.25) is 0 Å². The van der Waals surface area contributed by atoms with Crippen LogP contribution < -0.4 is 5.32 Å². The Labute approximate surface area is 177 Å². The van der Waals surface area contributed by atoms with E-state index in [-0.39, 0.29) is 5.91 Å². The molecule has 154 valence electrons. The first-order chi connectivity index (χ1) is 14.3. The summed E-state index contributed by atoms with van der Waals surface area (Å²) in [5, 5.41) is 3.02. The van der Waals surface area contributed by atoms with Gasteiger partial charge < -0.3 is 14.8 Å². The fourth-order valence-electron chi connectivity index (χ4n) is 3.49. The third-order valence-corrected chi connectivity index (χ3v) is 5.93. The molecule has 0 radical (unpaired) electrons. The number of carbonyl (C=O) groups excluding carboxylic acids is 1. The Kier molecular flexibility index (Phi) is 5.22. The van der Waals surface area contributed by atoms with Gasteiger partial charge in [0.05, 0.1) is 11.2 Å². The Bertz CT molecular complexity index is 1040. The smallest absolute Gasteiger partial charge is 0.256 e. The van der Waals surface area contributed by atoms with Gasteiger partial charge in [-0.2, -0.15) is 0 Å². The van der Waals surface area contributed by atoms with E-state index in [1.807, 2.05) is 107 Å². The standard InChI is InChI=1S/C26H27NO3/c1-25(2)26(3,4)30-24(29-25)19-13-10-14-20(17-19)27-23(28)22-16-9-8-15-21(22)18-11-6-5-7-12-18/h5-17,24H,1-4H3,(H,27,28). The van der Waals surface area contributed by atoms with Gasteiger partial charge in [0.2, 0.25) is 0 Å². The van der Waals surface area contributed by atoms with E-state index in [1.54, 1.807) is 0 Å². The molecule has 4 nitrogen and oxygen atoms in total. The van der Waals surface area contributed by atoms with Gasteiger partial charge in [-0.15, -0.1) is 0 Å². The Morgan fingerprint density at radius 3 is 2.13 bits per heavy atom. The zero-order valence-corrected chi connectivity index (χ0v) is 17.8. The van der Waals surface area contributed by atoms with Crippen LogP contribution in [0.3, 0.4) is 0 Å². The lowest BCUT2D eigenvalue weighted by molar-refractivity contribution is -0.0895. The summed E-state index contributed by atoms with van der Waals surface area (Å²) in [6, 6.07) is 25.2. The predicted octanol–water partition coefficient (Wildman–Crippen LogP) is 6.21. The maximum absolute atomic E-state index is 13.1. The largest absolute Gasteiger partial charge is 0.339 e. The Morgan fingerprint density at radius 1 is 0.800 bits per heavy atom. The van der Waals surface area contributed by atoms with E-state index in [0.717, 1.165) is 16.7 Å². The van der Waals surface area contributed by atoms with Gasteiger partial charge in [-0.1, -0.05) is 60.7 Å². The second-order valence-corrected chi connectivity index (χ2v) is 8.58. The molecule has 0 spiro atoms. The van der Waals surface area contributed by atoms with Crippen LogP contribution in [0.4, 0.5) is 5.69 Å². The third kappa shape index (κ3) is 3.89. The summed E-state index contributed by atoms with van der Waals surface area (Å²) in [4.78, 5) is 13.1. The van der Waals surface area contributed by atoms with Crippen molar-refractivity contribution < 1.29 is 14.3 Å². The molecule has 1 heterocycles. The van der Waals surface area contributed by atoms with Gasteiger partial charge in [-0.3, -0.25) is 4.79 Å². The predicted molar refractivity (Wildman–Crippen MR) is 119 cm³/mol. The molecule has 0 bridgehead atoms. The summed E-state index contributed by atoms with van der Waals surface area (Å²) in [6.45, 7) is 8.11. The van der Waals surface area contributed by atoms with Crippen LogP contribution in [0.15, 0.2) is 78.9 Å². The number of ether oxygens (including phenoxy) is 2. The fourth-order valence-corrected chi connectivity index (χ4v) is 3.49. The van der Waals surface area contributed by atoms with Gasteiger partial charge in [-0.05, 0) is 57.0 Å². The second kappa shape index (κ2) is 7.71. The highest BCUT2D eigenvalue weighted by Crippen LogP contribution is 2.45. The second-order valence-electron chi connectivity index (χ2n) is 8.58. The molecule has 30 heavy (non-hydrogen) atoms. The lowest BCUT2D eigenvalue weighted by Crippen LogP contribution is -2.41. The molecule has 0 aliphatic carbocycles. The van der Waals surface area contributed by atoms with Crippen molar-refractivity contribution in [2.24, 2.45) is 0 Å². The summed E-state index contributed by atoms with van der Waals surface area (Å²) >= 11 is 0. The molecule has 1 aliphatic heterocycles. The van der Waals surface area contributed by atoms with Crippen molar-refractivity contribution in [3.63, 3.8) is 0 Å². The average molecular weight is 402 g/mol. The van der Waals surface area contributed by atoms with Crippen LogP contribution in [-0.2, 0) is 9.47 Å². The van der Waals surface area contributed by atoms with Gasteiger partial charge in [0.1, 0.15) is 0 Å². The minimum atomic E-state index is -0.469. The van der Waals surface area contributed by atoms with Crippen LogP contribution in [-0.4, -0.2) is 17.1 Å². The SMILES string of the molecule is CC1(C)OC(c2cccc(NC(=O)c3ccccc3-c3ccccc3)c2)OC1(C)C. The molecule has 3 aromatic rings. The molecule has 1 fully saturated rings. The Hall–Kier alpha value is -2.95. The first-order valence-electron chi connectivity index (χ1n) is 10.2. The van der Waals surface area contributed by atoms with E-state index in [1.165, 1.54) is 0 Å². The highest BCUT2D eigenvalue weighted by Gasteiger charge is 2.49.